The molecule has 5 nitrogen and oxygen atoms in total. The number of aryl methyl sites for hydroxylation is 2. The van der Waals surface area contributed by atoms with Gasteiger partial charge in [0.25, 0.3) is 0 Å². The molecule has 5 rings (SSSR count). The molecule has 0 bridgehead atoms. The van der Waals surface area contributed by atoms with E-state index in [0.29, 0.717) is 17.5 Å². The molecule has 30 heavy (non-hydrogen) atoms. The van der Waals surface area contributed by atoms with E-state index in [1.807, 2.05) is 86.6 Å². The summed E-state index contributed by atoms with van der Waals surface area (Å²) in [4.78, 5) is 13.7. The van der Waals surface area contributed by atoms with Crippen molar-refractivity contribution in [2.45, 2.75) is 13.8 Å². The standard InChI is InChI=1S/C25H19N3O2/c1-16-22(18-9-5-3-6-10-18)29-24(27-16)20-13-14-21(26-15-20)25-28-17(2)23(30-25)19-11-7-4-8-12-19/h3-15H,1-2H3. The van der Waals surface area contributed by atoms with Crippen molar-refractivity contribution < 1.29 is 8.83 Å². The van der Waals surface area contributed by atoms with Gasteiger partial charge in [-0.25, -0.2) is 9.97 Å². The molecule has 0 atom stereocenters. The maximum atomic E-state index is 6.02. The van der Waals surface area contributed by atoms with Crippen LogP contribution >= 0.6 is 0 Å². The number of nitrogens with zero attached hydrogens (tertiary/aromatic N) is 3. The number of hydrogen-bond donors (Lipinski definition) is 0. The van der Waals surface area contributed by atoms with Crippen molar-refractivity contribution in [2.75, 3.05) is 0 Å². The summed E-state index contributed by atoms with van der Waals surface area (Å²) in [5.74, 6) is 2.56. The lowest BCUT2D eigenvalue weighted by atomic mass is 10.1. The first kappa shape index (κ1) is 18.1. The molecule has 0 aliphatic heterocycles. The Kier molecular flexibility index (Phi) is 4.48. The Balaban J connectivity index is 1.45. The zero-order chi connectivity index (χ0) is 20.5. The van der Waals surface area contributed by atoms with Crippen LogP contribution in [0, 0.1) is 13.8 Å². The molecular weight excluding hydrogens is 374 g/mol. The topological polar surface area (TPSA) is 65.0 Å². The molecule has 3 heterocycles. The molecule has 0 saturated heterocycles. The van der Waals surface area contributed by atoms with Crippen molar-refractivity contribution in [3.8, 4) is 45.7 Å². The van der Waals surface area contributed by atoms with E-state index in [0.717, 1.165) is 39.6 Å². The summed E-state index contributed by atoms with van der Waals surface area (Å²) < 4.78 is 12.0. The highest BCUT2D eigenvalue weighted by molar-refractivity contribution is 5.66. The maximum Gasteiger partial charge on any atom is 0.245 e. The van der Waals surface area contributed by atoms with Gasteiger partial charge in [0.2, 0.25) is 11.8 Å². The van der Waals surface area contributed by atoms with E-state index < -0.39 is 0 Å². The monoisotopic (exact) mass is 393 g/mol. The minimum Gasteiger partial charge on any atom is -0.436 e. The van der Waals surface area contributed by atoms with Gasteiger partial charge in [0.1, 0.15) is 5.69 Å². The van der Waals surface area contributed by atoms with E-state index in [2.05, 4.69) is 15.0 Å². The molecule has 3 aromatic heterocycles. The highest BCUT2D eigenvalue weighted by Crippen LogP contribution is 2.31. The predicted octanol–water partition coefficient (Wildman–Crippen LogP) is 6.34. The van der Waals surface area contributed by atoms with Gasteiger partial charge in [0.05, 0.1) is 17.0 Å². The number of aromatic nitrogens is 3. The maximum absolute atomic E-state index is 6.02. The van der Waals surface area contributed by atoms with Crippen molar-refractivity contribution in [3.05, 3.63) is 90.4 Å². The van der Waals surface area contributed by atoms with Gasteiger partial charge < -0.3 is 8.83 Å². The highest BCUT2D eigenvalue weighted by Gasteiger charge is 2.16. The quantitative estimate of drug-likeness (QED) is 0.356. The summed E-state index contributed by atoms with van der Waals surface area (Å²) in [6, 6.07) is 23.7. The Labute approximate surface area is 174 Å². The zero-order valence-corrected chi connectivity index (χ0v) is 16.7. The lowest BCUT2D eigenvalue weighted by Gasteiger charge is -1.99. The first-order valence-corrected chi connectivity index (χ1v) is 9.71. The van der Waals surface area contributed by atoms with Gasteiger partial charge in [-0.05, 0) is 26.0 Å². The molecule has 146 valence electrons. The fraction of sp³-hybridized carbons (Fsp3) is 0.0800. The average Bonchev–Trinajstić information content (AvgIpc) is 3.38. The Morgan fingerprint density at radius 3 is 1.63 bits per heavy atom. The van der Waals surface area contributed by atoms with Crippen molar-refractivity contribution in [2.24, 2.45) is 0 Å². The summed E-state index contributed by atoms with van der Waals surface area (Å²) in [7, 11) is 0. The first-order chi connectivity index (χ1) is 14.7. The number of rotatable bonds is 4. The third-order valence-corrected chi connectivity index (χ3v) is 4.89. The first-order valence-electron chi connectivity index (χ1n) is 9.71. The van der Waals surface area contributed by atoms with E-state index in [1.165, 1.54) is 0 Å². The second kappa shape index (κ2) is 7.44. The van der Waals surface area contributed by atoms with Crippen LogP contribution in [0.3, 0.4) is 0 Å². The summed E-state index contributed by atoms with van der Waals surface area (Å²) in [6.45, 7) is 3.88. The van der Waals surface area contributed by atoms with Crippen molar-refractivity contribution in [1.29, 1.82) is 0 Å². The molecule has 0 fully saturated rings. The van der Waals surface area contributed by atoms with Gasteiger partial charge in [0.15, 0.2) is 11.5 Å². The Morgan fingerprint density at radius 2 is 1.10 bits per heavy atom. The lowest BCUT2D eigenvalue weighted by Crippen LogP contribution is -1.85. The van der Waals surface area contributed by atoms with Crippen LogP contribution in [0.15, 0.2) is 87.8 Å². The van der Waals surface area contributed by atoms with Crippen LogP contribution in [-0.4, -0.2) is 15.0 Å². The second-order valence-corrected chi connectivity index (χ2v) is 7.03. The molecule has 0 N–H and O–H groups in total. The van der Waals surface area contributed by atoms with Crippen LogP contribution < -0.4 is 0 Å². The number of oxazole rings is 2. The Hall–Kier alpha value is -3.99. The third kappa shape index (κ3) is 3.31. The van der Waals surface area contributed by atoms with Crippen LogP contribution in [0.5, 0.6) is 0 Å². The smallest absolute Gasteiger partial charge is 0.245 e. The molecule has 0 saturated carbocycles. The largest absolute Gasteiger partial charge is 0.436 e. The molecule has 0 unspecified atom stereocenters. The minimum absolute atomic E-state index is 0.492. The Morgan fingerprint density at radius 1 is 0.567 bits per heavy atom. The summed E-state index contributed by atoms with van der Waals surface area (Å²) in [6.07, 6.45) is 1.73. The summed E-state index contributed by atoms with van der Waals surface area (Å²) in [5, 5.41) is 0. The highest BCUT2D eigenvalue weighted by atomic mass is 16.4. The molecule has 2 aromatic carbocycles. The van der Waals surface area contributed by atoms with Gasteiger partial charge in [-0.1, -0.05) is 60.7 Å². The Bertz CT molecular complexity index is 1190. The van der Waals surface area contributed by atoms with E-state index in [9.17, 15) is 0 Å². The molecule has 0 radical (unpaired) electrons. The van der Waals surface area contributed by atoms with Crippen LogP contribution in [0.1, 0.15) is 11.4 Å². The van der Waals surface area contributed by atoms with Gasteiger partial charge >= 0.3 is 0 Å². The van der Waals surface area contributed by atoms with Crippen LogP contribution in [0.2, 0.25) is 0 Å². The van der Waals surface area contributed by atoms with Gasteiger partial charge in [-0.2, -0.15) is 0 Å². The fourth-order valence-electron chi connectivity index (χ4n) is 3.39. The van der Waals surface area contributed by atoms with Crippen LogP contribution in [0.4, 0.5) is 0 Å². The van der Waals surface area contributed by atoms with E-state index >= 15 is 0 Å². The van der Waals surface area contributed by atoms with Crippen molar-refractivity contribution >= 4 is 0 Å². The number of benzene rings is 2. The van der Waals surface area contributed by atoms with Gasteiger partial charge in [0, 0.05) is 17.3 Å². The molecular formula is C25H19N3O2. The molecule has 0 aliphatic rings. The molecule has 0 amide bonds. The third-order valence-electron chi connectivity index (χ3n) is 4.89. The number of hydrogen-bond acceptors (Lipinski definition) is 5. The van der Waals surface area contributed by atoms with Gasteiger partial charge in [-0.15, -0.1) is 0 Å². The molecule has 5 aromatic rings. The molecule has 5 heteroatoms. The van der Waals surface area contributed by atoms with Crippen LogP contribution in [-0.2, 0) is 0 Å². The lowest BCUT2D eigenvalue weighted by molar-refractivity contribution is 0.583. The van der Waals surface area contributed by atoms with Crippen molar-refractivity contribution in [1.82, 2.24) is 15.0 Å². The average molecular weight is 393 g/mol. The summed E-state index contributed by atoms with van der Waals surface area (Å²) >= 11 is 0. The normalized spacial score (nSPS) is 11.0. The van der Waals surface area contributed by atoms with E-state index in [-0.39, 0.29) is 0 Å². The predicted molar refractivity (Wildman–Crippen MR) is 116 cm³/mol. The van der Waals surface area contributed by atoms with Crippen molar-refractivity contribution in [3.63, 3.8) is 0 Å². The SMILES string of the molecule is Cc1nc(-c2ccc(-c3nc(C)c(-c4ccccc4)o3)nc2)oc1-c1ccccc1. The van der Waals surface area contributed by atoms with E-state index in [4.69, 9.17) is 8.83 Å². The van der Waals surface area contributed by atoms with Gasteiger partial charge in [-0.3, -0.25) is 4.98 Å². The molecule has 0 spiro atoms. The molecule has 0 aliphatic carbocycles. The number of pyridine rings is 1. The fourth-order valence-corrected chi connectivity index (χ4v) is 3.39. The second-order valence-electron chi connectivity index (χ2n) is 7.03. The zero-order valence-electron chi connectivity index (χ0n) is 16.7. The van der Waals surface area contributed by atoms with E-state index in [1.54, 1.807) is 6.20 Å². The minimum atomic E-state index is 0.492. The van der Waals surface area contributed by atoms with Crippen LogP contribution in [0.25, 0.3) is 45.7 Å². The summed E-state index contributed by atoms with van der Waals surface area (Å²) in [5.41, 5.74) is 5.14.